The van der Waals surface area contributed by atoms with E-state index >= 15 is 0 Å². The Hall–Kier alpha value is -2.64. The van der Waals surface area contributed by atoms with Gasteiger partial charge in [-0.15, -0.1) is 0 Å². The van der Waals surface area contributed by atoms with Crippen LogP contribution in [0.15, 0.2) is 36.7 Å². The Labute approximate surface area is 171 Å². The monoisotopic (exact) mass is 395 g/mol. The minimum absolute atomic E-state index is 0.370. The zero-order chi connectivity index (χ0) is 20.6. The summed E-state index contributed by atoms with van der Waals surface area (Å²) in [5.41, 5.74) is 2.10. The molecule has 0 amide bonds. The first-order valence-electron chi connectivity index (χ1n) is 10.1. The maximum Gasteiger partial charge on any atom is 0.140 e. The third-order valence-electron chi connectivity index (χ3n) is 5.42. The molecule has 4 heterocycles. The SMILES string of the molecule is COc1cc2ncc(-c3cccc(NC4CNCC(C)C4)n3)n2cc1C(C)(C)O. The van der Waals surface area contributed by atoms with Gasteiger partial charge in [-0.1, -0.05) is 13.0 Å². The number of pyridine rings is 2. The fourth-order valence-electron chi connectivity index (χ4n) is 3.96. The average molecular weight is 396 g/mol. The summed E-state index contributed by atoms with van der Waals surface area (Å²) < 4.78 is 7.41. The Morgan fingerprint density at radius 3 is 2.86 bits per heavy atom. The van der Waals surface area contributed by atoms with Crippen molar-refractivity contribution in [1.82, 2.24) is 19.7 Å². The number of aliphatic hydroxyl groups is 1. The summed E-state index contributed by atoms with van der Waals surface area (Å²) in [6.07, 6.45) is 4.81. The van der Waals surface area contributed by atoms with E-state index in [-0.39, 0.29) is 0 Å². The van der Waals surface area contributed by atoms with Crippen LogP contribution >= 0.6 is 0 Å². The smallest absolute Gasteiger partial charge is 0.140 e. The van der Waals surface area contributed by atoms with Gasteiger partial charge in [0.1, 0.15) is 17.2 Å². The minimum Gasteiger partial charge on any atom is -0.496 e. The van der Waals surface area contributed by atoms with Crippen molar-refractivity contribution in [3.8, 4) is 17.1 Å². The molecule has 0 aromatic carbocycles. The van der Waals surface area contributed by atoms with Gasteiger partial charge in [0.25, 0.3) is 0 Å². The molecule has 1 fully saturated rings. The molecular weight excluding hydrogens is 366 g/mol. The number of rotatable bonds is 5. The number of methoxy groups -OCH3 is 1. The second-order valence-corrected chi connectivity index (χ2v) is 8.43. The van der Waals surface area contributed by atoms with Crippen LogP contribution in [-0.4, -0.2) is 45.7 Å². The molecule has 0 bridgehead atoms. The van der Waals surface area contributed by atoms with Crippen molar-refractivity contribution in [1.29, 1.82) is 0 Å². The van der Waals surface area contributed by atoms with Gasteiger partial charge in [-0.25, -0.2) is 9.97 Å². The largest absolute Gasteiger partial charge is 0.496 e. The first kappa shape index (κ1) is 19.7. The van der Waals surface area contributed by atoms with E-state index < -0.39 is 5.60 Å². The van der Waals surface area contributed by atoms with Crippen molar-refractivity contribution in [2.75, 3.05) is 25.5 Å². The van der Waals surface area contributed by atoms with E-state index in [1.807, 2.05) is 34.9 Å². The number of nitrogens with zero attached hydrogens (tertiary/aromatic N) is 3. The van der Waals surface area contributed by atoms with Crippen molar-refractivity contribution in [3.05, 3.63) is 42.2 Å². The summed E-state index contributed by atoms with van der Waals surface area (Å²) >= 11 is 0. The van der Waals surface area contributed by atoms with E-state index in [2.05, 4.69) is 22.5 Å². The zero-order valence-corrected chi connectivity index (χ0v) is 17.4. The molecule has 0 radical (unpaired) electrons. The second-order valence-electron chi connectivity index (χ2n) is 8.43. The minimum atomic E-state index is -1.04. The summed E-state index contributed by atoms with van der Waals surface area (Å²) in [7, 11) is 1.60. The van der Waals surface area contributed by atoms with E-state index in [0.717, 1.165) is 42.4 Å². The number of anilines is 1. The molecule has 1 aliphatic rings. The standard InChI is InChI=1S/C22H29N5O2/c1-14-8-15(11-23-10-14)25-20-7-5-6-17(26-20)18-12-24-21-9-19(29-4)16(13-27(18)21)22(2,3)28/h5-7,9,12-15,23,28H,8,10-11H2,1-4H3,(H,25,26). The molecule has 3 aromatic heterocycles. The summed E-state index contributed by atoms with van der Waals surface area (Å²) in [5.74, 6) is 2.12. The van der Waals surface area contributed by atoms with Crippen LogP contribution in [0, 0.1) is 5.92 Å². The van der Waals surface area contributed by atoms with Crippen LogP contribution in [0.5, 0.6) is 5.75 Å². The molecule has 0 saturated carbocycles. The highest BCUT2D eigenvalue weighted by Gasteiger charge is 2.23. The molecule has 3 N–H and O–H groups in total. The zero-order valence-electron chi connectivity index (χ0n) is 17.4. The Kier molecular flexibility index (Phi) is 5.19. The van der Waals surface area contributed by atoms with E-state index in [1.165, 1.54) is 0 Å². The van der Waals surface area contributed by atoms with Gasteiger partial charge >= 0.3 is 0 Å². The molecule has 7 nitrogen and oxygen atoms in total. The van der Waals surface area contributed by atoms with Crippen molar-refractivity contribution in [2.45, 2.75) is 38.8 Å². The van der Waals surface area contributed by atoms with Crippen molar-refractivity contribution in [2.24, 2.45) is 5.92 Å². The van der Waals surface area contributed by atoms with Crippen LogP contribution in [-0.2, 0) is 5.60 Å². The van der Waals surface area contributed by atoms with Gasteiger partial charge in [-0.3, -0.25) is 4.40 Å². The molecule has 0 spiro atoms. The van der Waals surface area contributed by atoms with Crippen LogP contribution in [0.1, 0.15) is 32.8 Å². The van der Waals surface area contributed by atoms with E-state index in [9.17, 15) is 5.11 Å². The predicted octanol–water partition coefficient (Wildman–Crippen LogP) is 3.04. The molecule has 2 unspecified atom stereocenters. The summed E-state index contributed by atoms with van der Waals surface area (Å²) in [6, 6.07) is 8.19. The number of fused-ring (bicyclic) bond motifs is 1. The fourth-order valence-corrected chi connectivity index (χ4v) is 3.96. The van der Waals surface area contributed by atoms with Gasteiger partial charge < -0.3 is 20.5 Å². The van der Waals surface area contributed by atoms with Gasteiger partial charge in [0.05, 0.1) is 30.3 Å². The van der Waals surface area contributed by atoms with E-state index in [1.54, 1.807) is 27.2 Å². The third kappa shape index (κ3) is 4.06. The van der Waals surface area contributed by atoms with Crippen LogP contribution in [0.3, 0.4) is 0 Å². The summed E-state index contributed by atoms with van der Waals surface area (Å²) in [6.45, 7) is 7.77. The van der Waals surface area contributed by atoms with Crippen LogP contribution < -0.4 is 15.4 Å². The lowest BCUT2D eigenvalue weighted by Crippen LogP contribution is -2.42. The Balaban J connectivity index is 1.69. The summed E-state index contributed by atoms with van der Waals surface area (Å²) in [5, 5.41) is 17.6. The van der Waals surface area contributed by atoms with E-state index in [0.29, 0.717) is 23.3 Å². The Bertz CT molecular complexity index is 1010. The molecule has 7 heteroatoms. The number of nitrogens with one attached hydrogen (secondary N) is 2. The number of hydrogen-bond donors (Lipinski definition) is 3. The highest BCUT2D eigenvalue weighted by molar-refractivity contribution is 5.64. The fraction of sp³-hybridized carbons (Fsp3) is 0.455. The quantitative estimate of drug-likeness (QED) is 0.616. The number of aromatic nitrogens is 3. The molecule has 1 aliphatic heterocycles. The van der Waals surface area contributed by atoms with Crippen LogP contribution in [0.2, 0.25) is 0 Å². The maximum atomic E-state index is 10.6. The maximum absolute atomic E-state index is 10.6. The van der Waals surface area contributed by atoms with Gasteiger partial charge in [-0.2, -0.15) is 0 Å². The highest BCUT2D eigenvalue weighted by atomic mass is 16.5. The average Bonchev–Trinajstić information content (AvgIpc) is 3.09. The van der Waals surface area contributed by atoms with Crippen LogP contribution in [0.4, 0.5) is 5.82 Å². The van der Waals surface area contributed by atoms with Gasteiger partial charge in [0.2, 0.25) is 0 Å². The number of ether oxygens (including phenoxy) is 1. The second kappa shape index (κ2) is 7.65. The molecule has 1 saturated heterocycles. The van der Waals surface area contributed by atoms with Gasteiger partial charge in [-0.05, 0) is 44.9 Å². The predicted molar refractivity (Wildman–Crippen MR) is 114 cm³/mol. The lowest BCUT2D eigenvalue weighted by Gasteiger charge is -2.28. The van der Waals surface area contributed by atoms with Gasteiger partial charge in [0.15, 0.2) is 0 Å². The molecule has 2 atom stereocenters. The molecule has 29 heavy (non-hydrogen) atoms. The lowest BCUT2D eigenvalue weighted by molar-refractivity contribution is 0.0752. The van der Waals surface area contributed by atoms with Gasteiger partial charge in [0, 0.05) is 30.4 Å². The molecule has 154 valence electrons. The van der Waals surface area contributed by atoms with Crippen LogP contribution in [0.25, 0.3) is 17.0 Å². The molecular formula is C22H29N5O2. The Morgan fingerprint density at radius 2 is 2.14 bits per heavy atom. The van der Waals surface area contributed by atoms with Crippen molar-refractivity contribution >= 4 is 11.5 Å². The van der Waals surface area contributed by atoms with E-state index in [4.69, 9.17) is 9.72 Å². The van der Waals surface area contributed by atoms with Crippen molar-refractivity contribution in [3.63, 3.8) is 0 Å². The number of imidazole rings is 1. The lowest BCUT2D eigenvalue weighted by atomic mass is 9.98. The molecule has 0 aliphatic carbocycles. The van der Waals surface area contributed by atoms with Crippen molar-refractivity contribution < 1.29 is 9.84 Å². The normalized spacial score (nSPS) is 20.0. The topological polar surface area (TPSA) is 83.7 Å². The Morgan fingerprint density at radius 1 is 1.31 bits per heavy atom. The first-order chi connectivity index (χ1) is 13.8. The highest BCUT2D eigenvalue weighted by Crippen LogP contribution is 2.32. The summed E-state index contributed by atoms with van der Waals surface area (Å²) in [4.78, 5) is 9.34. The third-order valence-corrected chi connectivity index (χ3v) is 5.42. The number of hydrogen-bond acceptors (Lipinski definition) is 6. The number of piperidine rings is 1. The molecule has 3 aromatic rings. The molecule has 4 rings (SSSR count). The first-order valence-corrected chi connectivity index (χ1v) is 10.1.